The van der Waals surface area contributed by atoms with E-state index in [2.05, 4.69) is 15.3 Å². The fourth-order valence-corrected chi connectivity index (χ4v) is 2.51. The van der Waals surface area contributed by atoms with Crippen LogP contribution in [0.4, 0.5) is 0 Å². The highest BCUT2D eigenvalue weighted by atomic mass is 32.1. The van der Waals surface area contributed by atoms with Crippen LogP contribution in [-0.4, -0.2) is 28.5 Å². The lowest BCUT2D eigenvalue weighted by Gasteiger charge is -1.99. The largest absolute Gasteiger partial charge is 0.461 e. The molecule has 0 atom stereocenters. The van der Waals surface area contributed by atoms with Gasteiger partial charge in [0.2, 0.25) is 5.01 Å². The Hall–Kier alpha value is -1.80. The van der Waals surface area contributed by atoms with E-state index in [1.54, 1.807) is 18.6 Å². The van der Waals surface area contributed by atoms with Crippen molar-refractivity contribution in [3.05, 3.63) is 32.7 Å². The molecule has 1 amide bonds. The zero-order valence-corrected chi connectivity index (χ0v) is 11.7. The van der Waals surface area contributed by atoms with Gasteiger partial charge in [-0.3, -0.25) is 9.78 Å². The third-order valence-corrected chi connectivity index (χ3v) is 3.84. The second-order valence-electron chi connectivity index (χ2n) is 3.40. The molecule has 8 heteroatoms. The third-order valence-electron chi connectivity index (χ3n) is 2.09. The number of nitrogens with one attached hydrogen (secondary N) is 1. The predicted octanol–water partition coefficient (Wildman–Crippen LogP) is 1.71. The molecule has 2 aromatic rings. The van der Waals surface area contributed by atoms with E-state index in [4.69, 9.17) is 4.74 Å². The van der Waals surface area contributed by atoms with Gasteiger partial charge >= 0.3 is 5.97 Å². The summed E-state index contributed by atoms with van der Waals surface area (Å²) in [5, 5.41) is 2.92. The number of amides is 1. The molecule has 0 aliphatic carbocycles. The molecule has 6 nitrogen and oxygen atoms in total. The van der Waals surface area contributed by atoms with Crippen molar-refractivity contribution in [3.8, 4) is 0 Å². The van der Waals surface area contributed by atoms with Gasteiger partial charge in [0.05, 0.1) is 24.9 Å². The van der Waals surface area contributed by atoms with Crippen molar-refractivity contribution < 1.29 is 14.3 Å². The number of nitrogens with zero attached hydrogens (tertiary/aromatic N) is 2. The quantitative estimate of drug-likeness (QED) is 0.850. The molecular weight excluding hydrogens is 286 g/mol. The summed E-state index contributed by atoms with van der Waals surface area (Å²) in [6.45, 7) is 2.41. The lowest BCUT2D eigenvalue weighted by molar-refractivity contribution is 0.0526. The molecule has 0 saturated carbocycles. The fourth-order valence-electron chi connectivity index (χ4n) is 1.25. The zero-order valence-electron chi connectivity index (χ0n) is 10.1. The van der Waals surface area contributed by atoms with Crippen LogP contribution in [0.25, 0.3) is 0 Å². The number of ether oxygens (including phenoxy) is 1. The Morgan fingerprint density at radius 1 is 1.42 bits per heavy atom. The second kappa shape index (κ2) is 6.39. The number of hydrogen-bond acceptors (Lipinski definition) is 7. The van der Waals surface area contributed by atoms with Gasteiger partial charge in [0, 0.05) is 11.1 Å². The first kappa shape index (κ1) is 13.6. The summed E-state index contributed by atoms with van der Waals surface area (Å²) < 4.78 is 4.81. The van der Waals surface area contributed by atoms with E-state index in [-0.39, 0.29) is 17.5 Å². The van der Waals surface area contributed by atoms with Crippen molar-refractivity contribution in [1.29, 1.82) is 0 Å². The molecular formula is C11H11N3O3S2. The molecule has 2 rings (SSSR count). The molecule has 0 bridgehead atoms. The SMILES string of the molecule is CCOC(=O)c1ncc(C(=O)NCc2cncs2)s1. The summed E-state index contributed by atoms with van der Waals surface area (Å²) >= 11 is 2.48. The minimum absolute atomic E-state index is 0.185. The van der Waals surface area contributed by atoms with Crippen molar-refractivity contribution in [3.63, 3.8) is 0 Å². The third kappa shape index (κ3) is 3.58. The Kier molecular flexibility index (Phi) is 4.58. The molecule has 1 N–H and O–H groups in total. The van der Waals surface area contributed by atoms with Gasteiger partial charge in [-0.2, -0.15) is 0 Å². The number of carbonyl (C=O) groups excluding carboxylic acids is 2. The van der Waals surface area contributed by atoms with Crippen LogP contribution >= 0.6 is 22.7 Å². The monoisotopic (exact) mass is 297 g/mol. The minimum atomic E-state index is -0.506. The van der Waals surface area contributed by atoms with Crippen LogP contribution in [0.2, 0.25) is 0 Å². The van der Waals surface area contributed by atoms with Crippen molar-refractivity contribution in [2.24, 2.45) is 0 Å². The van der Waals surface area contributed by atoms with Gasteiger partial charge < -0.3 is 10.1 Å². The zero-order chi connectivity index (χ0) is 13.7. The maximum atomic E-state index is 11.8. The van der Waals surface area contributed by atoms with Gasteiger partial charge in [-0.25, -0.2) is 9.78 Å². The number of esters is 1. The van der Waals surface area contributed by atoms with Gasteiger partial charge in [0.15, 0.2) is 0 Å². The Morgan fingerprint density at radius 2 is 2.26 bits per heavy atom. The Morgan fingerprint density at radius 3 is 2.95 bits per heavy atom. The lowest BCUT2D eigenvalue weighted by Crippen LogP contribution is -2.21. The summed E-state index contributed by atoms with van der Waals surface area (Å²) in [5.74, 6) is -0.768. The van der Waals surface area contributed by atoms with E-state index < -0.39 is 5.97 Å². The molecule has 0 aromatic carbocycles. The molecule has 0 spiro atoms. The van der Waals surface area contributed by atoms with E-state index in [0.29, 0.717) is 11.4 Å². The normalized spacial score (nSPS) is 10.2. The van der Waals surface area contributed by atoms with E-state index in [0.717, 1.165) is 16.2 Å². The van der Waals surface area contributed by atoms with Crippen molar-refractivity contribution in [1.82, 2.24) is 15.3 Å². The van der Waals surface area contributed by atoms with Crippen molar-refractivity contribution in [2.45, 2.75) is 13.5 Å². The maximum absolute atomic E-state index is 11.8. The minimum Gasteiger partial charge on any atom is -0.461 e. The number of rotatable bonds is 5. The molecule has 0 fully saturated rings. The van der Waals surface area contributed by atoms with Crippen LogP contribution < -0.4 is 5.32 Å². The highest BCUT2D eigenvalue weighted by Gasteiger charge is 2.16. The lowest BCUT2D eigenvalue weighted by atomic mass is 10.4. The molecule has 0 aliphatic heterocycles. The smallest absolute Gasteiger partial charge is 0.367 e. The van der Waals surface area contributed by atoms with Crippen molar-refractivity contribution >= 4 is 34.6 Å². The molecule has 100 valence electrons. The molecule has 0 unspecified atom stereocenters. The molecule has 0 aliphatic rings. The first-order valence-corrected chi connectivity index (χ1v) is 7.19. The van der Waals surface area contributed by atoms with Crippen LogP contribution in [0.15, 0.2) is 17.9 Å². The highest BCUT2D eigenvalue weighted by molar-refractivity contribution is 7.15. The van der Waals surface area contributed by atoms with Crippen LogP contribution in [0.1, 0.15) is 31.3 Å². The van der Waals surface area contributed by atoms with Crippen LogP contribution in [0, 0.1) is 0 Å². The molecule has 2 aromatic heterocycles. The number of aromatic nitrogens is 2. The van der Waals surface area contributed by atoms with E-state index in [1.807, 2.05) is 0 Å². The fraction of sp³-hybridized carbons (Fsp3) is 0.273. The van der Waals surface area contributed by atoms with Gasteiger partial charge in [0.25, 0.3) is 5.91 Å². The van der Waals surface area contributed by atoms with Crippen molar-refractivity contribution in [2.75, 3.05) is 6.61 Å². The van der Waals surface area contributed by atoms with E-state index in [1.165, 1.54) is 17.5 Å². The molecule has 2 heterocycles. The van der Waals surface area contributed by atoms with Gasteiger partial charge in [0.1, 0.15) is 4.88 Å². The summed E-state index contributed by atoms with van der Waals surface area (Å²) in [7, 11) is 0. The number of thiazole rings is 2. The molecule has 0 radical (unpaired) electrons. The first-order valence-electron chi connectivity index (χ1n) is 5.49. The van der Waals surface area contributed by atoms with E-state index >= 15 is 0 Å². The van der Waals surface area contributed by atoms with Gasteiger partial charge in [-0.05, 0) is 6.92 Å². The summed E-state index contributed by atoms with van der Waals surface area (Å²) in [5.41, 5.74) is 1.70. The second-order valence-corrected chi connectivity index (χ2v) is 5.40. The average Bonchev–Trinajstić information content (AvgIpc) is 3.07. The molecule has 0 saturated heterocycles. The molecule has 19 heavy (non-hydrogen) atoms. The number of carbonyl (C=O) groups is 2. The van der Waals surface area contributed by atoms with Gasteiger partial charge in [-0.1, -0.05) is 0 Å². The maximum Gasteiger partial charge on any atom is 0.367 e. The average molecular weight is 297 g/mol. The van der Waals surface area contributed by atoms with Crippen LogP contribution in [0.3, 0.4) is 0 Å². The van der Waals surface area contributed by atoms with Crippen LogP contribution in [-0.2, 0) is 11.3 Å². The van der Waals surface area contributed by atoms with Gasteiger partial charge in [-0.15, -0.1) is 22.7 Å². The van der Waals surface area contributed by atoms with E-state index in [9.17, 15) is 9.59 Å². The number of hydrogen-bond donors (Lipinski definition) is 1. The summed E-state index contributed by atoms with van der Waals surface area (Å²) in [6, 6.07) is 0. The predicted molar refractivity (Wildman–Crippen MR) is 71.4 cm³/mol. The Bertz CT molecular complexity index is 566. The highest BCUT2D eigenvalue weighted by Crippen LogP contribution is 2.14. The standard InChI is InChI=1S/C11H11N3O3S2/c1-2-17-11(16)10-14-5-8(19-10)9(15)13-4-7-3-12-6-18-7/h3,5-6H,2,4H2,1H3,(H,13,15). The summed E-state index contributed by atoms with van der Waals surface area (Å²) in [4.78, 5) is 32.4. The first-order chi connectivity index (χ1) is 9.20. The topological polar surface area (TPSA) is 81.2 Å². The summed E-state index contributed by atoms with van der Waals surface area (Å²) in [6.07, 6.45) is 3.07. The Labute approximate surface area is 117 Å². The Balaban J connectivity index is 1.94. The van der Waals surface area contributed by atoms with Crippen LogP contribution in [0.5, 0.6) is 0 Å².